The number of anilines is 1. The molecule has 3 heterocycles. The zero-order chi connectivity index (χ0) is 25.5. The normalized spacial score (nSPS) is 20.6. The van der Waals surface area contributed by atoms with Gasteiger partial charge in [-0.15, -0.1) is 0 Å². The van der Waals surface area contributed by atoms with Gasteiger partial charge in [0.1, 0.15) is 6.04 Å². The molecule has 5 rings (SSSR count). The van der Waals surface area contributed by atoms with Gasteiger partial charge < -0.3 is 21.4 Å². The van der Waals surface area contributed by atoms with Crippen LogP contribution < -0.4 is 16.4 Å². The summed E-state index contributed by atoms with van der Waals surface area (Å²) >= 11 is 0. The minimum Gasteiger partial charge on any atom is -0.385 e. The van der Waals surface area contributed by atoms with Crippen LogP contribution >= 0.6 is 0 Å². The number of nitrogens with two attached hydrogens (primary N) is 1. The van der Waals surface area contributed by atoms with E-state index >= 15 is 0 Å². The van der Waals surface area contributed by atoms with Gasteiger partial charge in [0.25, 0.3) is 5.91 Å². The quantitative estimate of drug-likeness (QED) is 0.441. The molecule has 0 radical (unpaired) electrons. The van der Waals surface area contributed by atoms with E-state index in [2.05, 4.69) is 21.7 Å². The number of hydrogen-bond acceptors (Lipinski definition) is 5. The Balaban J connectivity index is 1.40. The summed E-state index contributed by atoms with van der Waals surface area (Å²) in [5.41, 5.74) is 8.64. The molecule has 3 aromatic rings. The molecule has 5 N–H and O–H groups in total. The predicted octanol–water partition coefficient (Wildman–Crippen LogP) is 2.84. The Labute approximate surface area is 210 Å². The van der Waals surface area contributed by atoms with Gasteiger partial charge in [-0.25, -0.2) is 0 Å². The summed E-state index contributed by atoms with van der Waals surface area (Å²) in [6.07, 6.45) is 3.91. The fourth-order valence-corrected chi connectivity index (χ4v) is 5.52. The van der Waals surface area contributed by atoms with Gasteiger partial charge in [-0.2, -0.15) is 0 Å². The lowest BCUT2D eigenvalue weighted by atomic mass is 9.68. The van der Waals surface area contributed by atoms with E-state index in [0.717, 1.165) is 40.7 Å². The third-order valence-electron chi connectivity index (χ3n) is 7.58. The maximum atomic E-state index is 13.8. The number of carbonyl (C=O) groups excluding carboxylic acids is 3. The van der Waals surface area contributed by atoms with Crippen molar-refractivity contribution in [2.75, 3.05) is 18.4 Å². The number of likely N-dealkylation sites (tertiary alicyclic amines) is 1. The molecule has 188 valence electrons. The highest BCUT2D eigenvalue weighted by Gasteiger charge is 2.45. The summed E-state index contributed by atoms with van der Waals surface area (Å²) in [6, 6.07) is 15.0. The molecule has 1 spiro atoms. The van der Waals surface area contributed by atoms with Crippen molar-refractivity contribution in [1.29, 1.82) is 0 Å². The minimum atomic E-state index is -1.16. The first kappa shape index (κ1) is 24.1. The van der Waals surface area contributed by atoms with Crippen LogP contribution in [0.4, 0.5) is 5.69 Å². The average Bonchev–Trinajstić information content (AvgIpc) is 3.26. The lowest BCUT2D eigenvalue weighted by Gasteiger charge is -2.45. The highest BCUT2D eigenvalue weighted by molar-refractivity contribution is 6.01. The third-order valence-corrected chi connectivity index (χ3v) is 7.58. The molecule has 1 saturated heterocycles. The minimum absolute atomic E-state index is 0.201. The van der Waals surface area contributed by atoms with Crippen molar-refractivity contribution >= 4 is 34.3 Å². The third kappa shape index (κ3) is 4.37. The second-order valence-corrected chi connectivity index (χ2v) is 10.6. The number of H-pyrrole nitrogens is 1. The molecule has 2 atom stereocenters. The second kappa shape index (κ2) is 9.09. The number of piperidine rings is 1. The number of benzene rings is 2. The standard InChI is InChI=1S/C28H33N5O3/c1-27(2,29)26(36)32-23(15-18-17-31-21-9-5-3-7-19(18)21)25(35)33-14-12-28(16-24(33)34)11-13-30-22-10-6-4-8-20(22)28/h3-10,17,23,30-31H,11-16,29H2,1-2H3,(H,32,36)/t23-,28?/m1/s1. The average molecular weight is 488 g/mol. The Morgan fingerprint density at radius 3 is 2.67 bits per heavy atom. The summed E-state index contributed by atoms with van der Waals surface area (Å²) < 4.78 is 0. The van der Waals surface area contributed by atoms with E-state index in [1.165, 1.54) is 4.90 Å². The summed E-state index contributed by atoms with van der Waals surface area (Å²) in [7, 11) is 0. The topological polar surface area (TPSA) is 120 Å². The fourth-order valence-electron chi connectivity index (χ4n) is 5.52. The molecule has 2 aliphatic rings. The number of para-hydroxylation sites is 2. The smallest absolute Gasteiger partial charge is 0.252 e. The molecule has 1 aromatic heterocycles. The van der Waals surface area contributed by atoms with Gasteiger partial charge in [-0.3, -0.25) is 19.3 Å². The SMILES string of the molecule is CC(C)(N)C(=O)N[C@H](Cc1c[nH]c2ccccc12)C(=O)N1CCC2(CCNc3ccccc32)CC1=O. The number of aromatic nitrogens is 1. The molecule has 0 aliphatic carbocycles. The van der Waals surface area contributed by atoms with Gasteiger partial charge >= 0.3 is 0 Å². The number of nitrogens with one attached hydrogen (secondary N) is 3. The van der Waals surface area contributed by atoms with E-state index in [4.69, 9.17) is 5.73 Å². The van der Waals surface area contributed by atoms with Crippen molar-refractivity contribution < 1.29 is 14.4 Å². The number of amides is 3. The zero-order valence-corrected chi connectivity index (χ0v) is 20.8. The van der Waals surface area contributed by atoms with E-state index < -0.39 is 17.5 Å². The maximum absolute atomic E-state index is 13.8. The first-order chi connectivity index (χ1) is 17.2. The molecule has 8 nitrogen and oxygen atoms in total. The van der Waals surface area contributed by atoms with Crippen molar-refractivity contribution in [3.05, 3.63) is 65.9 Å². The van der Waals surface area contributed by atoms with Crippen molar-refractivity contribution in [2.24, 2.45) is 5.73 Å². The number of nitrogens with zero attached hydrogens (tertiary/aromatic N) is 1. The van der Waals surface area contributed by atoms with Gasteiger partial charge in [0.2, 0.25) is 11.8 Å². The Hall–Kier alpha value is -3.65. The maximum Gasteiger partial charge on any atom is 0.252 e. The van der Waals surface area contributed by atoms with Crippen LogP contribution in [0.3, 0.4) is 0 Å². The number of fused-ring (bicyclic) bond motifs is 3. The molecule has 0 bridgehead atoms. The Bertz CT molecular complexity index is 1320. The molecule has 2 aliphatic heterocycles. The van der Waals surface area contributed by atoms with Crippen LogP contribution in [0.15, 0.2) is 54.7 Å². The molecule has 1 unspecified atom stereocenters. The summed E-state index contributed by atoms with van der Waals surface area (Å²) in [4.78, 5) is 44.6. The first-order valence-corrected chi connectivity index (χ1v) is 12.5. The van der Waals surface area contributed by atoms with Crippen LogP contribution in [-0.2, 0) is 26.2 Å². The van der Waals surface area contributed by atoms with Gasteiger partial charge in [0.05, 0.1) is 5.54 Å². The number of hydrogen-bond donors (Lipinski definition) is 4. The van der Waals surface area contributed by atoms with Crippen molar-refractivity contribution in [3.8, 4) is 0 Å². The Kier molecular flexibility index (Phi) is 6.08. The summed E-state index contributed by atoms with van der Waals surface area (Å²) in [5, 5.41) is 7.23. The molecule has 3 amide bonds. The monoisotopic (exact) mass is 487 g/mol. The number of imide groups is 1. The van der Waals surface area contributed by atoms with E-state index in [-0.39, 0.29) is 30.1 Å². The molecule has 0 saturated carbocycles. The van der Waals surface area contributed by atoms with Gasteiger partial charge in [-0.1, -0.05) is 36.4 Å². The van der Waals surface area contributed by atoms with Crippen LogP contribution in [-0.4, -0.2) is 52.3 Å². The van der Waals surface area contributed by atoms with Crippen molar-refractivity contribution in [3.63, 3.8) is 0 Å². The highest BCUT2D eigenvalue weighted by atomic mass is 16.2. The number of aromatic amines is 1. The molecule has 1 fully saturated rings. The second-order valence-electron chi connectivity index (χ2n) is 10.6. The number of carbonyl (C=O) groups is 3. The molecule has 8 heteroatoms. The zero-order valence-electron chi connectivity index (χ0n) is 20.8. The van der Waals surface area contributed by atoms with E-state index in [1.807, 2.05) is 48.7 Å². The van der Waals surface area contributed by atoms with E-state index in [1.54, 1.807) is 13.8 Å². The lowest BCUT2D eigenvalue weighted by molar-refractivity contribution is -0.151. The van der Waals surface area contributed by atoms with Crippen LogP contribution in [0.5, 0.6) is 0 Å². The van der Waals surface area contributed by atoms with E-state index in [9.17, 15) is 14.4 Å². The van der Waals surface area contributed by atoms with Crippen LogP contribution in [0.2, 0.25) is 0 Å². The van der Waals surface area contributed by atoms with Crippen molar-refractivity contribution in [1.82, 2.24) is 15.2 Å². The van der Waals surface area contributed by atoms with Gasteiger partial charge in [0.15, 0.2) is 0 Å². The fraction of sp³-hybridized carbons (Fsp3) is 0.393. The van der Waals surface area contributed by atoms with Gasteiger partial charge in [-0.05, 0) is 49.9 Å². The largest absolute Gasteiger partial charge is 0.385 e. The Morgan fingerprint density at radius 2 is 1.89 bits per heavy atom. The lowest BCUT2D eigenvalue weighted by Crippen LogP contribution is -2.59. The molecular weight excluding hydrogens is 454 g/mol. The summed E-state index contributed by atoms with van der Waals surface area (Å²) in [6.45, 7) is 4.31. The van der Waals surface area contributed by atoms with Crippen LogP contribution in [0.1, 0.15) is 44.2 Å². The Morgan fingerprint density at radius 1 is 1.14 bits per heavy atom. The van der Waals surface area contributed by atoms with Crippen LogP contribution in [0.25, 0.3) is 10.9 Å². The molecule has 2 aromatic carbocycles. The first-order valence-electron chi connectivity index (χ1n) is 12.5. The highest BCUT2D eigenvalue weighted by Crippen LogP contribution is 2.45. The van der Waals surface area contributed by atoms with Crippen LogP contribution in [0, 0.1) is 0 Å². The van der Waals surface area contributed by atoms with Gasteiger partial charge in [0, 0.05) is 54.1 Å². The molecule has 36 heavy (non-hydrogen) atoms. The summed E-state index contributed by atoms with van der Waals surface area (Å²) in [5.74, 6) is -1.03. The van der Waals surface area contributed by atoms with Crippen molar-refractivity contribution in [2.45, 2.75) is 56.5 Å². The number of rotatable bonds is 5. The predicted molar refractivity (Wildman–Crippen MR) is 139 cm³/mol. The molecular formula is C28H33N5O3. The van der Waals surface area contributed by atoms with E-state index in [0.29, 0.717) is 13.0 Å².